The molecule has 0 spiro atoms. The number of benzene rings is 2. The minimum atomic E-state index is -0.113. The van der Waals surface area contributed by atoms with Crippen LogP contribution in [0.1, 0.15) is 70.9 Å². The molecule has 3 N–H and O–H groups in total. The lowest BCUT2D eigenvalue weighted by Crippen LogP contribution is -2.43. The summed E-state index contributed by atoms with van der Waals surface area (Å²) in [6, 6.07) is 19.2. The SMILES string of the molecule is CC.CC.CCC1c2ccccc2CCC1NCCN1CCC(NC(=O)Nc2ccccc2)C1. The highest BCUT2D eigenvalue weighted by molar-refractivity contribution is 5.89. The third kappa shape index (κ3) is 8.14. The van der Waals surface area contributed by atoms with Crippen molar-refractivity contribution in [2.24, 2.45) is 0 Å². The summed E-state index contributed by atoms with van der Waals surface area (Å²) in [5.41, 5.74) is 3.90. The highest BCUT2D eigenvalue weighted by atomic mass is 16.2. The quantitative estimate of drug-likeness (QED) is 0.467. The topological polar surface area (TPSA) is 56.4 Å². The van der Waals surface area contributed by atoms with Crippen molar-refractivity contribution in [1.29, 1.82) is 0 Å². The molecule has 0 saturated carbocycles. The Kier molecular flexibility index (Phi) is 12.7. The summed E-state index contributed by atoms with van der Waals surface area (Å²) in [5, 5.41) is 9.86. The monoisotopic (exact) mass is 466 g/mol. The number of rotatable bonds is 7. The van der Waals surface area contributed by atoms with Crippen LogP contribution in [0.2, 0.25) is 0 Å². The van der Waals surface area contributed by atoms with Crippen molar-refractivity contribution in [3.63, 3.8) is 0 Å². The zero-order valence-electron chi connectivity index (χ0n) is 21.9. The number of likely N-dealkylation sites (tertiary alicyclic amines) is 1. The smallest absolute Gasteiger partial charge is 0.319 e. The number of amides is 2. The van der Waals surface area contributed by atoms with E-state index in [1.54, 1.807) is 5.56 Å². The van der Waals surface area contributed by atoms with Gasteiger partial charge in [-0.05, 0) is 54.9 Å². The zero-order valence-corrected chi connectivity index (χ0v) is 21.9. The average molecular weight is 467 g/mol. The number of hydrogen-bond donors (Lipinski definition) is 3. The van der Waals surface area contributed by atoms with Gasteiger partial charge >= 0.3 is 6.03 Å². The molecule has 1 aliphatic carbocycles. The van der Waals surface area contributed by atoms with Crippen molar-refractivity contribution in [2.45, 2.75) is 78.3 Å². The lowest BCUT2D eigenvalue weighted by atomic mass is 9.78. The molecule has 0 bridgehead atoms. The van der Waals surface area contributed by atoms with Crippen LogP contribution in [-0.2, 0) is 6.42 Å². The number of hydrogen-bond acceptors (Lipinski definition) is 3. The van der Waals surface area contributed by atoms with Gasteiger partial charge in [-0.25, -0.2) is 4.79 Å². The summed E-state index contributed by atoms with van der Waals surface area (Å²) in [7, 11) is 0. The standard InChI is InChI=1S/C25H34N4O.2C2H6/c1-2-22-23-11-7-6-8-19(23)12-13-24(22)26-15-17-29-16-14-21(18-29)28-25(30)27-20-9-4-3-5-10-20;2*1-2/h3-11,21-22,24,26H,2,12-18H2,1H3,(H2,27,28,30);2*1-2H3. The van der Waals surface area contributed by atoms with Gasteiger partial charge in [-0.3, -0.25) is 4.90 Å². The molecular formula is C29H46N4O. The van der Waals surface area contributed by atoms with Crippen LogP contribution >= 0.6 is 0 Å². The van der Waals surface area contributed by atoms with Gasteiger partial charge in [0.1, 0.15) is 0 Å². The van der Waals surface area contributed by atoms with Crippen LogP contribution in [0.4, 0.5) is 10.5 Å². The van der Waals surface area contributed by atoms with Crippen molar-refractivity contribution in [3.05, 3.63) is 65.7 Å². The molecule has 0 radical (unpaired) electrons. The molecule has 3 unspecified atom stereocenters. The minimum absolute atomic E-state index is 0.113. The number of carbonyl (C=O) groups is 1. The van der Waals surface area contributed by atoms with Gasteiger partial charge in [-0.2, -0.15) is 0 Å². The number of aryl methyl sites for hydroxylation is 1. The van der Waals surface area contributed by atoms with Crippen LogP contribution in [0.3, 0.4) is 0 Å². The molecule has 2 aromatic rings. The average Bonchev–Trinajstić information content (AvgIpc) is 3.33. The van der Waals surface area contributed by atoms with Crippen molar-refractivity contribution >= 4 is 11.7 Å². The van der Waals surface area contributed by atoms with Gasteiger partial charge in [0, 0.05) is 44.0 Å². The van der Waals surface area contributed by atoms with E-state index in [0.29, 0.717) is 12.0 Å². The van der Waals surface area contributed by atoms with Crippen LogP contribution in [0, 0.1) is 0 Å². The normalized spacial score (nSPS) is 21.3. The van der Waals surface area contributed by atoms with Crippen molar-refractivity contribution in [2.75, 3.05) is 31.5 Å². The largest absolute Gasteiger partial charge is 0.334 e. The highest BCUT2D eigenvalue weighted by Crippen LogP contribution is 2.33. The fourth-order valence-corrected chi connectivity index (χ4v) is 5.04. The maximum atomic E-state index is 12.2. The Morgan fingerprint density at radius 1 is 0.971 bits per heavy atom. The van der Waals surface area contributed by atoms with E-state index in [1.165, 1.54) is 24.8 Å². The molecule has 5 heteroatoms. The van der Waals surface area contributed by atoms with Gasteiger partial charge in [0.05, 0.1) is 0 Å². The molecule has 34 heavy (non-hydrogen) atoms. The third-order valence-electron chi connectivity index (χ3n) is 6.58. The van der Waals surface area contributed by atoms with Gasteiger partial charge in [0.2, 0.25) is 0 Å². The van der Waals surface area contributed by atoms with Gasteiger partial charge in [0.15, 0.2) is 0 Å². The number of nitrogens with zero attached hydrogens (tertiary/aromatic N) is 1. The summed E-state index contributed by atoms with van der Waals surface area (Å²) in [6.45, 7) is 14.3. The van der Waals surface area contributed by atoms with Crippen LogP contribution < -0.4 is 16.0 Å². The lowest BCUT2D eigenvalue weighted by Gasteiger charge is -2.34. The number of carbonyl (C=O) groups excluding carboxylic acids is 1. The predicted octanol–water partition coefficient (Wildman–Crippen LogP) is 6.03. The molecule has 2 aliphatic rings. The zero-order chi connectivity index (χ0) is 24.8. The molecule has 188 valence electrons. The molecule has 1 aliphatic heterocycles. The summed E-state index contributed by atoms with van der Waals surface area (Å²) in [5.74, 6) is 0.615. The summed E-state index contributed by atoms with van der Waals surface area (Å²) >= 11 is 0. The van der Waals surface area contributed by atoms with E-state index in [4.69, 9.17) is 0 Å². The Labute approximate surface area is 207 Å². The number of para-hydroxylation sites is 1. The number of nitrogens with one attached hydrogen (secondary N) is 3. The van der Waals surface area contributed by atoms with E-state index in [1.807, 2.05) is 58.0 Å². The summed E-state index contributed by atoms with van der Waals surface area (Å²) in [4.78, 5) is 14.7. The van der Waals surface area contributed by atoms with Gasteiger partial charge in [-0.15, -0.1) is 0 Å². The third-order valence-corrected chi connectivity index (χ3v) is 6.58. The first-order valence-electron chi connectivity index (χ1n) is 13.4. The Hall–Kier alpha value is -2.37. The maximum absolute atomic E-state index is 12.2. The molecule has 1 fully saturated rings. The fraction of sp³-hybridized carbons (Fsp3) is 0.552. The van der Waals surface area contributed by atoms with Crippen LogP contribution in [0.15, 0.2) is 54.6 Å². The van der Waals surface area contributed by atoms with E-state index < -0.39 is 0 Å². The molecule has 3 atom stereocenters. The van der Waals surface area contributed by atoms with E-state index in [9.17, 15) is 4.79 Å². The molecule has 2 amide bonds. The van der Waals surface area contributed by atoms with Gasteiger partial charge < -0.3 is 16.0 Å². The van der Waals surface area contributed by atoms with Crippen LogP contribution in [0.5, 0.6) is 0 Å². The van der Waals surface area contributed by atoms with E-state index in [2.05, 4.69) is 52.0 Å². The predicted molar refractivity (Wildman–Crippen MR) is 146 cm³/mol. The second kappa shape index (κ2) is 15.5. The van der Waals surface area contributed by atoms with Crippen molar-refractivity contribution in [1.82, 2.24) is 15.5 Å². The van der Waals surface area contributed by atoms with Crippen LogP contribution in [0.25, 0.3) is 0 Å². The lowest BCUT2D eigenvalue weighted by molar-refractivity contribution is 0.247. The molecule has 5 nitrogen and oxygen atoms in total. The van der Waals surface area contributed by atoms with Gasteiger partial charge in [0.25, 0.3) is 0 Å². The number of anilines is 1. The molecule has 0 aromatic heterocycles. The van der Waals surface area contributed by atoms with Crippen LogP contribution in [-0.4, -0.2) is 49.2 Å². The van der Waals surface area contributed by atoms with Gasteiger partial charge in [-0.1, -0.05) is 77.1 Å². The number of fused-ring (bicyclic) bond motifs is 1. The second-order valence-corrected chi connectivity index (χ2v) is 8.56. The fourth-order valence-electron chi connectivity index (χ4n) is 5.04. The Balaban J connectivity index is 0.000000970. The molecule has 2 aromatic carbocycles. The molecule has 4 rings (SSSR count). The van der Waals surface area contributed by atoms with Crippen molar-refractivity contribution in [3.8, 4) is 0 Å². The number of urea groups is 1. The Bertz CT molecular complexity index is 826. The molecule has 1 heterocycles. The highest BCUT2D eigenvalue weighted by Gasteiger charge is 2.28. The minimum Gasteiger partial charge on any atom is -0.334 e. The van der Waals surface area contributed by atoms with E-state index >= 15 is 0 Å². The van der Waals surface area contributed by atoms with Crippen molar-refractivity contribution < 1.29 is 4.79 Å². The summed E-state index contributed by atoms with van der Waals surface area (Å²) in [6.07, 6.45) is 4.59. The first-order valence-corrected chi connectivity index (χ1v) is 13.4. The molecular weight excluding hydrogens is 420 g/mol. The Morgan fingerprint density at radius 3 is 2.41 bits per heavy atom. The maximum Gasteiger partial charge on any atom is 0.319 e. The first kappa shape index (κ1) is 27.9. The first-order chi connectivity index (χ1) is 16.7. The van der Waals surface area contributed by atoms with E-state index in [0.717, 1.165) is 38.3 Å². The second-order valence-electron chi connectivity index (χ2n) is 8.56. The summed E-state index contributed by atoms with van der Waals surface area (Å²) < 4.78 is 0. The Morgan fingerprint density at radius 2 is 1.68 bits per heavy atom. The van der Waals surface area contributed by atoms with E-state index in [-0.39, 0.29) is 12.1 Å². The molecule has 1 saturated heterocycles.